The second kappa shape index (κ2) is 7.99. The van der Waals surface area contributed by atoms with Gasteiger partial charge in [-0.1, -0.05) is 23.7 Å². The summed E-state index contributed by atoms with van der Waals surface area (Å²) in [6.45, 7) is 8.06. The Morgan fingerprint density at radius 1 is 1.17 bits per heavy atom. The molecule has 154 valence electrons. The Kier molecular flexibility index (Phi) is 5.20. The molecular formula is C20H20ClN7OS. The van der Waals surface area contributed by atoms with Gasteiger partial charge in [-0.25, -0.2) is 9.97 Å². The van der Waals surface area contributed by atoms with Crippen LogP contribution in [0.3, 0.4) is 0 Å². The summed E-state index contributed by atoms with van der Waals surface area (Å²) in [4.78, 5) is 15.6. The molecule has 4 heterocycles. The fraction of sp³-hybridized carbons (Fsp3) is 0.350. The van der Waals surface area contributed by atoms with Crippen LogP contribution in [0.1, 0.15) is 16.3 Å². The van der Waals surface area contributed by atoms with Crippen molar-refractivity contribution < 1.29 is 4.74 Å². The minimum absolute atomic E-state index is 0.503. The zero-order valence-electron chi connectivity index (χ0n) is 16.7. The maximum atomic E-state index is 6.12. The van der Waals surface area contributed by atoms with Gasteiger partial charge in [0, 0.05) is 28.6 Å². The zero-order valence-corrected chi connectivity index (χ0v) is 18.2. The first-order valence-electron chi connectivity index (χ1n) is 9.71. The van der Waals surface area contributed by atoms with Crippen LogP contribution in [0.5, 0.6) is 0 Å². The molecule has 30 heavy (non-hydrogen) atoms. The second-order valence-corrected chi connectivity index (χ2v) is 8.87. The molecule has 10 heteroatoms. The summed E-state index contributed by atoms with van der Waals surface area (Å²) in [5.41, 5.74) is 1.95. The van der Waals surface area contributed by atoms with Crippen LogP contribution in [0.25, 0.3) is 27.4 Å². The maximum absolute atomic E-state index is 6.12. The number of hydrogen-bond acceptors (Lipinski definition) is 8. The van der Waals surface area contributed by atoms with Gasteiger partial charge in [-0.05, 0) is 36.8 Å². The van der Waals surface area contributed by atoms with E-state index in [1.54, 1.807) is 11.3 Å². The number of thiophene rings is 1. The number of aromatic nitrogens is 6. The molecule has 0 N–H and O–H groups in total. The van der Waals surface area contributed by atoms with Gasteiger partial charge >= 0.3 is 0 Å². The highest BCUT2D eigenvalue weighted by Gasteiger charge is 2.20. The van der Waals surface area contributed by atoms with Gasteiger partial charge in [-0.3, -0.25) is 4.90 Å². The molecule has 1 fully saturated rings. The fourth-order valence-electron chi connectivity index (χ4n) is 3.49. The van der Waals surface area contributed by atoms with Gasteiger partial charge in [0.2, 0.25) is 5.82 Å². The Labute approximate surface area is 182 Å². The van der Waals surface area contributed by atoms with Crippen molar-refractivity contribution in [2.24, 2.45) is 0 Å². The molecule has 1 aliphatic rings. The summed E-state index contributed by atoms with van der Waals surface area (Å²) < 4.78 is 5.45. The van der Waals surface area contributed by atoms with E-state index in [-0.39, 0.29) is 0 Å². The highest BCUT2D eigenvalue weighted by molar-refractivity contribution is 7.18. The average Bonchev–Trinajstić information content (AvgIpc) is 3.34. The molecule has 1 aliphatic heterocycles. The van der Waals surface area contributed by atoms with Crippen molar-refractivity contribution in [3.8, 4) is 17.2 Å². The molecule has 0 atom stereocenters. The first kappa shape index (κ1) is 19.5. The first-order chi connectivity index (χ1) is 14.6. The van der Waals surface area contributed by atoms with Crippen molar-refractivity contribution in [1.82, 2.24) is 35.1 Å². The summed E-state index contributed by atoms with van der Waals surface area (Å²) in [6, 6.07) is 7.42. The molecule has 0 aliphatic carbocycles. The van der Waals surface area contributed by atoms with Gasteiger partial charge in [0.25, 0.3) is 0 Å². The number of benzene rings is 1. The molecule has 3 aromatic heterocycles. The lowest BCUT2D eigenvalue weighted by Crippen LogP contribution is -2.36. The Morgan fingerprint density at radius 3 is 2.80 bits per heavy atom. The number of halogens is 1. The van der Waals surface area contributed by atoms with Crippen LogP contribution in [-0.2, 0) is 11.3 Å². The number of aryl methyl sites for hydroxylation is 2. The van der Waals surface area contributed by atoms with E-state index in [0.717, 1.165) is 53.5 Å². The third kappa shape index (κ3) is 3.69. The normalized spacial score (nSPS) is 15.2. The van der Waals surface area contributed by atoms with E-state index in [9.17, 15) is 0 Å². The summed E-state index contributed by atoms with van der Waals surface area (Å²) in [7, 11) is 0. The van der Waals surface area contributed by atoms with Gasteiger partial charge in [0.1, 0.15) is 10.7 Å². The summed E-state index contributed by atoms with van der Waals surface area (Å²) in [5, 5.41) is 14.7. The largest absolute Gasteiger partial charge is 0.379 e. The van der Waals surface area contributed by atoms with E-state index in [1.165, 1.54) is 9.67 Å². The van der Waals surface area contributed by atoms with Gasteiger partial charge in [-0.15, -0.1) is 26.3 Å². The summed E-state index contributed by atoms with van der Waals surface area (Å²) >= 11 is 7.79. The van der Waals surface area contributed by atoms with E-state index in [0.29, 0.717) is 23.2 Å². The Hall–Kier alpha value is -2.46. The van der Waals surface area contributed by atoms with Crippen molar-refractivity contribution in [3.05, 3.63) is 45.6 Å². The molecule has 0 spiro atoms. The van der Waals surface area contributed by atoms with Crippen LogP contribution in [-0.4, -0.2) is 61.4 Å². The van der Waals surface area contributed by atoms with Gasteiger partial charge in [-0.2, -0.15) is 0 Å². The molecule has 1 aromatic carbocycles. The minimum Gasteiger partial charge on any atom is -0.379 e. The fourth-order valence-corrected chi connectivity index (χ4v) is 4.73. The van der Waals surface area contributed by atoms with E-state index in [1.807, 2.05) is 24.3 Å². The highest BCUT2D eigenvalue weighted by atomic mass is 35.5. The van der Waals surface area contributed by atoms with Crippen molar-refractivity contribution in [1.29, 1.82) is 0 Å². The third-order valence-corrected chi connectivity index (χ3v) is 6.55. The van der Waals surface area contributed by atoms with E-state index >= 15 is 0 Å². The topological polar surface area (TPSA) is 81.9 Å². The number of rotatable bonds is 4. The molecule has 8 nitrogen and oxygen atoms in total. The van der Waals surface area contributed by atoms with Gasteiger partial charge in [0.05, 0.1) is 25.1 Å². The van der Waals surface area contributed by atoms with Gasteiger partial charge in [0.15, 0.2) is 5.82 Å². The summed E-state index contributed by atoms with van der Waals surface area (Å²) in [6.07, 6.45) is 0. The van der Waals surface area contributed by atoms with Gasteiger partial charge < -0.3 is 4.74 Å². The first-order valence-corrected chi connectivity index (χ1v) is 10.9. The lowest BCUT2D eigenvalue weighted by atomic mass is 10.2. The predicted octanol–water partition coefficient (Wildman–Crippen LogP) is 3.44. The van der Waals surface area contributed by atoms with E-state index in [4.69, 9.17) is 26.3 Å². The quantitative estimate of drug-likeness (QED) is 0.479. The van der Waals surface area contributed by atoms with Crippen molar-refractivity contribution >= 4 is 33.2 Å². The molecule has 4 aromatic rings. The number of fused-ring (bicyclic) bond motifs is 1. The number of nitrogens with zero attached hydrogens (tertiary/aromatic N) is 7. The minimum atomic E-state index is 0.503. The number of morpholine rings is 1. The lowest BCUT2D eigenvalue weighted by Gasteiger charge is -2.25. The van der Waals surface area contributed by atoms with Crippen molar-refractivity contribution in [3.63, 3.8) is 0 Å². The van der Waals surface area contributed by atoms with Crippen LogP contribution in [0.2, 0.25) is 5.02 Å². The SMILES string of the molecule is Cc1sc2nc(CN3CCOCC3)nc(-n3nnc(-c4cccc(Cl)c4)n3)c2c1C. The molecule has 0 saturated carbocycles. The van der Waals surface area contributed by atoms with Crippen molar-refractivity contribution in [2.45, 2.75) is 20.4 Å². The van der Waals surface area contributed by atoms with Crippen LogP contribution in [0.4, 0.5) is 0 Å². The lowest BCUT2D eigenvalue weighted by molar-refractivity contribution is 0.0331. The van der Waals surface area contributed by atoms with Crippen LogP contribution < -0.4 is 0 Å². The van der Waals surface area contributed by atoms with Crippen LogP contribution >= 0.6 is 22.9 Å². The van der Waals surface area contributed by atoms with Crippen LogP contribution in [0.15, 0.2) is 24.3 Å². The molecule has 0 amide bonds. The Balaban J connectivity index is 1.58. The predicted molar refractivity (Wildman–Crippen MR) is 116 cm³/mol. The van der Waals surface area contributed by atoms with E-state index < -0.39 is 0 Å². The molecule has 5 rings (SSSR count). The number of hydrogen-bond donors (Lipinski definition) is 0. The molecule has 1 saturated heterocycles. The maximum Gasteiger partial charge on any atom is 0.205 e. The highest BCUT2D eigenvalue weighted by Crippen LogP contribution is 2.32. The summed E-state index contributed by atoms with van der Waals surface area (Å²) in [5.74, 6) is 1.91. The number of tetrazole rings is 1. The smallest absolute Gasteiger partial charge is 0.205 e. The molecule has 0 bridgehead atoms. The Morgan fingerprint density at radius 2 is 2.00 bits per heavy atom. The van der Waals surface area contributed by atoms with E-state index in [2.05, 4.69) is 34.2 Å². The standard InChI is InChI=1S/C20H20ClN7OS/c1-12-13(2)30-20-17(12)19(22-16(23-20)11-27-6-8-29-9-7-27)28-25-18(24-26-28)14-4-3-5-15(21)10-14/h3-5,10H,6-9,11H2,1-2H3. The second-order valence-electron chi connectivity index (χ2n) is 7.23. The zero-order chi connectivity index (χ0) is 20.7. The molecular weight excluding hydrogens is 422 g/mol. The molecule has 0 unspecified atom stereocenters. The third-order valence-electron chi connectivity index (χ3n) is 5.21. The monoisotopic (exact) mass is 441 g/mol. The molecule has 0 radical (unpaired) electrons. The number of ether oxygens (including phenoxy) is 1. The average molecular weight is 442 g/mol. The van der Waals surface area contributed by atoms with Crippen molar-refractivity contribution in [2.75, 3.05) is 26.3 Å². The van der Waals surface area contributed by atoms with Crippen LogP contribution in [0, 0.1) is 13.8 Å². The Bertz CT molecular complexity index is 1220.